The molecule has 0 saturated heterocycles. The van der Waals surface area contributed by atoms with Crippen LogP contribution in [-0.2, 0) is 0 Å². The summed E-state index contributed by atoms with van der Waals surface area (Å²) < 4.78 is 0. The number of aliphatic hydroxyl groups is 1. The topological polar surface area (TPSA) is 20.2 Å². The van der Waals surface area contributed by atoms with Crippen molar-refractivity contribution in [3.8, 4) is 0 Å². The number of hydrogen-bond donors (Lipinski definition) is 1. The molecule has 4 aliphatic carbocycles. The molecule has 1 nitrogen and oxygen atoms in total. The maximum Gasteiger partial charge on any atom is 0.0724 e. The van der Waals surface area contributed by atoms with Crippen LogP contribution in [-0.4, -0.2) is 11.2 Å². The maximum absolute atomic E-state index is 10.2. The van der Waals surface area contributed by atoms with Crippen LogP contribution in [0.1, 0.15) is 99.3 Å². The lowest BCUT2D eigenvalue weighted by Gasteiger charge is -2.59. The van der Waals surface area contributed by atoms with E-state index in [9.17, 15) is 5.11 Å². The second-order valence-corrected chi connectivity index (χ2v) is 12.4. The molecule has 9 atom stereocenters. The highest BCUT2D eigenvalue weighted by Crippen LogP contribution is 2.67. The van der Waals surface area contributed by atoms with Crippen molar-refractivity contribution in [2.24, 2.45) is 52.3 Å². The van der Waals surface area contributed by atoms with Crippen molar-refractivity contribution >= 4 is 0 Å². The molecule has 0 heterocycles. The lowest BCUT2D eigenvalue weighted by atomic mass is 9.46. The van der Waals surface area contributed by atoms with Gasteiger partial charge < -0.3 is 5.11 Å². The van der Waals surface area contributed by atoms with Crippen LogP contribution in [0.2, 0.25) is 0 Å². The van der Waals surface area contributed by atoms with Crippen LogP contribution in [0.15, 0.2) is 23.8 Å². The van der Waals surface area contributed by atoms with Crippen molar-refractivity contribution in [3.63, 3.8) is 0 Å². The zero-order valence-corrected chi connectivity index (χ0v) is 20.7. The fourth-order valence-corrected chi connectivity index (χ4v) is 8.90. The van der Waals surface area contributed by atoms with Gasteiger partial charge in [-0.3, -0.25) is 0 Å². The normalized spacial score (nSPS) is 45.6. The Hall–Kier alpha value is -0.560. The van der Waals surface area contributed by atoms with E-state index in [0.29, 0.717) is 16.7 Å². The van der Waals surface area contributed by atoms with Crippen molar-refractivity contribution in [1.82, 2.24) is 0 Å². The van der Waals surface area contributed by atoms with Crippen LogP contribution in [0.5, 0.6) is 0 Å². The fourth-order valence-electron chi connectivity index (χ4n) is 8.90. The summed E-state index contributed by atoms with van der Waals surface area (Å²) in [6, 6.07) is 0. The minimum Gasteiger partial charge on any atom is -0.389 e. The lowest BCUT2D eigenvalue weighted by Crippen LogP contribution is -2.51. The van der Waals surface area contributed by atoms with Crippen molar-refractivity contribution in [3.05, 3.63) is 23.8 Å². The largest absolute Gasteiger partial charge is 0.389 e. The van der Waals surface area contributed by atoms with Gasteiger partial charge in [0, 0.05) is 0 Å². The van der Waals surface area contributed by atoms with Gasteiger partial charge in [0.25, 0.3) is 0 Å². The van der Waals surface area contributed by atoms with Gasteiger partial charge in [0.15, 0.2) is 0 Å². The molecule has 0 radical (unpaired) electrons. The van der Waals surface area contributed by atoms with E-state index in [0.717, 1.165) is 41.9 Å². The molecule has 9 unspecified atom stereocenters. The third-order valence-electron chi connectivity index (χ3n) is 10.8. The van der Waals surface area contributed by atoms with E-state index in [1.807, 2.05) is 0 Å². The number of rotatable bonds is 5. The van der Waals surface area contributed by atoms with E-state index in [1.54, 1.807) is 5.57 Å². The number of aliphatic hydroxyl groups excluding tert-OH is 1. The van der Waals surface area contributed by atoms with E-state index < -0.39 is 0 Å². The van der Waals surface area contributed by atoms with Crippen molar-refractivity contribution in [2.45, 2.75) is 105 Å². The summed E-state index contributed by atoms with van der Waals surface area (Å²) in [6.07, 6.45) is 19.0. The van der Waals surface area contributed by atoms with Crippen LogP contribution in [0.4, 0.5) is 0 Å². The molecule has 0 aromatic rings. The standard InChI is InChI=1S/C29H48O/c1-7-21(19(2)3)9-8-20(4)25-12-13-26-24-11-10-22-18-23(30)14-16-28(22,5)27(24)15-17-29(25,26)6/h8-9,18-21,23-27,30H,7,10-17H2,1-6H3/b9-8+. The van der Waals surface area contributed by atoms with Crippen LogP contribution in [0, 0.1) is 52.3 Å². The summed E-state index contributed by atoms with van der Waals surface area (Å²) in [4.78, 5) is 0. The highest BCUT2D eigenvalue weighted by atomic mass is 16.3. The third-order valence-corrected chi connectivity index (χ3v) is 10.8. The first-order chi connectivity index (χ1) is 14.2. The molecule has 0 aromatic heterocycles. The van der Waals surface area contributed by atoms with E-state index in [2.05, 4.69) is 59.8 Å². The Balaban J connectivity index is 1.52. The lowest BCUT2D eigenvalue weighted by molar-refractivity contribution is -0.0595. The predicted molar refractivity (Wildman–Crippen MR) is 128 cm³/mol. The number of allylic oxidation sites excluding steroid dienone is 3. The summed E-state index contributed by atoms with van der Waals surface area (Å²) in [6.45, 7) is 14.8. The molecule has 170 valence electrons. The summed E-state index contributed by atoms with van der Waals surface area (Å²) in [5.74, 6) is 5.76. The molecule has 30 heavy (non-hydrogen) atoms. The Bertz CT molecular complexity index is 674. The Morgan fingerprint density at radius 2 is 1.77 bits per heavy atom. The molecule has 4 rings (SSSR count). The Labute approximate surface area is 186 Å². The summed E-state index contributed by atoms with van der Waals surface area (Å²) in [5, 5.41) is 10.2. The average molecular weight is 413 g/mol. The number of hydrogen-bond acceptors (Lipinski definition) is 1. The molecular weight excluding hydrogens is 364 g/mol. The second-order valence-electron chi connectivity index (χ2n) is 12.4. The predicted octanol–water partition coefficient (Wildman–Crippen LogP) is 7.80. The van der Waals surface area contributed by atoms with Crippen LogP contribution >= 0.6 is 0 Å². The number of fused-ring (bicyclic) bond motifs is 5. The second kappa shape index (κ2) is 8.42. The van der Waals surface area contributed by atoms with Gasteiger partial charge in [-0.25, -0.2) is 0 Å². The first kappa shape index (κ1) is 22.6. The molecule has 1 N–H and O–H groups in total. The molecule has 0 aromatic carbocycles. The van der Waals surface area contributed by atoms with E-state index in [1.165, 1.54) is 51.4 Å². The van der Waals surface area contributed by atoms with Crippen LogP contribution in [0.3, 0.4) is 0 Å². The van der Waals surface area contributed by atoms with Gasteiger partial charge in [-0.2, -0.15) is 0 Å². The van der Waals surface area contributed by atoms with Gasteiger partial charge in [0.05, 0.1) is 6.10 Å². The van der Waals surface area contributed by atoms with Crippen LogP contribution < -0.4 is 0 Å². The van der Waals surface area contributed by atoms with Crippen molar-refractivity contribution in [2.75, 3.05) is 0 Å². The smallest absolute Gasteiger partial charge is 0.0724 e. The molecule has 0 spiro atoms. The van der Waals surface area contributed by atoms with Gasteiger partial charge in [-0.05, 0) is 110 Å². The molecule has 1 heteroatoms. The highest BCUT2D eigenvalue weighted by molar-refractivity contribution is 5.25. The van der Waals surface area contributed by atoms with Gasteiger partial charge >= 0.3 is 0 Å². The van der Waals surface area contributed by atoms with E-state index in [-0.39, 0.29) is 6.10 Å². The van der Waals surface area contributed by atoms with Gasteiger partial charge in [-0.1, -0.05) is 65.3 Å². The third kappa shape index (κ3) is 3.66. The molecule has 3 saturated carbocycles. The summed E-state index contributed by atoms with van der Waals surface area (Å²) >= 11 is 0. The maximum atomic E-state index is 10.2. The van der Waals surface area contributed by atoms with Gasteiger partial charge in [-0.15, -0.1) is 0 Å². The minimum absolute atomic E-state index is 0.181. The molecular formula is C29H48O. The van der Waals surface area contributed by atoms with Crippen LogP contribution in [0.25, 0.3) is 0 Å². The van der Waals surface area contributed by atoms with E-state index >= 15 is 0 Å². The van der Waals surface area contributed by atoms with Crippen molar-refractivity contribution < 1.29 is 5.11 Å². The molecule has 0 amide bonds. The summed E-state index contributed by atoms with van der Waals surface area (Å²) in [7, 11) is 0. The van der Waals surface area contributed by atoms with Crippen molar-refractivity contribution in [1.29, 1.82) is 0 Å². The Morgan fingerprint density at radius 3 is 2.47 bits per heavy atom. The Morgan fingerprint density at radius 1 is 1.00 bits per heavy atom. The van der Waals surface area contributed by atoms with Gasteiger partial charge in [0.1, 0.15) is 0 Å². The molecule has 3 fully saturated rings. The molecule has 4 aliphatic rings. The van der Waals surface area contributed by atoms with Gasteiger partial charge in [0.2, 0.25) is 0 Å². The highest BCUT2D eigenvalue weighted by Gasteiger charge is 2.59. The zero-order valence-electron chi connectivity index (χ0n) is 20.7. The zero-order chi connectivity index (χ0) is 21.7. The SMILES string of the molecule is CCC(/C=C/C(C)C1CCC2C3CCC4=CC(O)CCC4(C)C3CCC12C)C(C)C. The first-order valence-corrected chi connectivity index (χ1v) is 13.3. The molecule has 0 bridgehead atoms. The average Bonchev–Trinajstić information content (AvgIpc) is 3.06. The minimum atomic E-state index is -0.181. The quantitative estimate of drug-likeness (QED) is 0.457. The fraction of sp³-hybridized carbons (Fsp3) is 0.862. The first-order valence-electron chi connectivity index (χ1n) is 13.3. The monoisotopic (exact) mass is 412 g/mol. The molecule has 0 aliphatic heterocycles. The summed E-state index contributed by atoms with van der Waals surface area (Å²) in [5.41, 5.74) is 2.52. The Kier molecular flexibility index (Phi) is 6.35. The van der Waals surface area contributed by atoms with E-state index in [4.69, 9.17) is 0 Å².